The van der Waals surface area contributed by atoms with Gasteiger partial charge in [-0.2, -0.15) is 4.98 Å². The van der Waals surface area contributed by atoms with Gasteiger partial charge >= 0.3 is 0 Å². The molecule has 0 atom stereocenters. The summed E-state index contributed by atoms with van der Waals surface area (Å²) < 4.78 is 7.71. The number of anilines is 2. The topological polar surface area (TPSA) is 101 Å². The fourth-order valence-corrected chi connectivity index (χ4v) is 5.59. The van der Waals surface area contributed by atoms with E-state index in [-0.39, 0.29) is 5.95 Å². The standard InChI is InChI=1S/C30H33N9O/c1-36-8-10-37(11-9-36)20-21-2-3-23-17-25(5-4-22(23)16-21)39-7-6-26-27(24-18-32-29(31)33-19-24)34-30(35-28(26)39)38-12-14-40-15-13-38/h2-7,16-19H,8-15,20H2,1H3,(H2,31,32,33). The zero-order valence-electron chi connectivity index (χ0n) is 22.7. The Morgan fingerprint density at radius 2 is 1.60 bits per heavy atom. The molecule has 0 unspecified atom stereocenters. The van der Waals surface area contributed by atoms with E-state index in [2.05, 4.69) is 84.9 Å². The van der Waals surface area contributed by atoms with Crippen LogP contribution in [0.3, 0.4) is 0 Å². The molecule has 0 bridgehead atoms. The molecule has 40 heavy (non-hydrogen) atoms. The highest BCUT2D eigenvalue weighted by Gasteiger charge is 2.20. The summed E-state index contributed by atoms with van der Waals surface area (Å²) in [6, 6.07) is 15.5. The molecule has 5 aromatic rings. The first-order chi connectivity index (χ1) is 19.6. The van der Waals surface area contributed by atoms with E-state index in [0.717, 1.165) is 73.8 Å². The third-order valence-corrected chi connectivity index (χ3v) is 7.94. The van der Waals surface area contributed by atoms with Gasteiger partial charge in [0, 0.05) is 81.0 Å². The second-order valence-corrected chi connectivity index (χ2v) is 10.7. The van der Waals surface area contributed by atoms with Crippen molar-refractivity contribution in [1.82, 2.24) is 34.3 Å². The van der Waals surface area contributed by atoms with Crippen LogP contribution in [0.25, 0.3) is 38.8 Å². The van der Waals surface area contributed by atoms with Gasteiger partial charge in [0.2, 0.25) is 11.9 Å². The average molecular weight is 536 g/mol. The van der Waals surface area contributed by atoms with Gasteiger partial charge < -0.3 is 24.8 Å². The lowest BCUT2D eigenvalue weighted by Crippen LogP contribution is -2.43. The van der Waals surface area contributed by atoms with Crippen molar-refractivity contribution in [3.05, 3.63) is 66.6 Å². The zero-order chi connectivity index (χ0) is 27.1. The van der Waals surface area contributed by atoms with E-state index in [9.17, 15) is 0 Å². The van der Waals surface area contributed by atoms with Crippen LogP contribution in [-0.2, 0) is 11.3 Å². The Kier molecular flexibility index (Phi) is 6.51. The molecule has 0 radical (unpaired) electrons. The number of aromatic nitrogens is 5. The summed E-state index contributed by atoms with van der Waals surface area (Å²) in [5.41, 5.74) is 10.6. The van der Waals surface area contributed by atoms with Crippen LogP contribution >= 0.6 is 0 Å². The highest BCUT2D eigenvalue weighted by Crippen LogP contribution is 2.31. The van der Waals surface area contributed by atoms with Gasteiger partial charge in [0.05, 0.1) is 18.9 Å². The molecule has 2 aliphatic heterocycles. The first kappa shape index (κ1) is 24.9. The minimum absolute atomic E-state index is 0.239. The number of rotatable bonds is 5. The predicted octanol–water partition coefficient (Wildman–Crippen LogP) is 3.20. The SMILES string of the molecule is CN1CCN(Cc2ccc3cc(-n4ccc5c(-c6cnc(N)nc6)nc(N6CCOCC6)nc54)ccc3c2)CC1. The zero-order valence-corrected chi connectivity index (χ0v) is 22.7. The van der Waals surface area contributed by atoms with Gasteiger partial charge in [-0.05, 0) is 47.6 Å². The summed E-state index contributed by atoms with van der Waals surface area (Å²) in [7, 11) is 2.20. The molecule has 7 rings (SSSR count). The smallest absolute Gasteiger partial charge is 0.228 e. The number of likely N-dealkylation sites (N-methyl/N-ethyl adjacent to an activating group) is 1. The summed E-state index contributed by atoms with van der Waals surface area (Å²) in [5, 5.41) is 3.39. The van der Waals surface area contributed by atoms with Gasteiger partial charge in [-0.1, -0.05) is 18.2 Å². The summed E-state index contributed by atoms with van der Waals surface area (Å²) in [4.78, 5) is 25.5. The first-order valence-corrected chi connectivity index (χ1v) is 13.8. The van der Waals surface area contributed by atoms with E-state index in [0.29, 0.717) is 19.2 Å². The molecule has 204 valence electrons. The Morgan fingerprint density at radius 1 is 0.850 bits per heavy atom. The Balaban J connectivity index is 1.26. The second kappa shape index (κ2) is 10.5. The van der Waals surface area contributed by atoms with Crippen molar-refractivity contribution in [1.29, 1.82) is 0 Å². The van der Waals surface area contributed by atoms with Gasteiger partial charge in [0.1, 0.15) is 0 Å². The number of nitrogens with zero attached hydrogens (tertiary/aromatic N) is 8. The maximum Gasteiger partial charge on any atom is 0.228 e. The third kappa shape index (κ3) is 4.85. The number of piperazine rings is 1. The number of nitrogen functional groups attached to an aromatic ring is 1. The minimum atomic E-state index is 0.239. The van der Waals surface area contributed by atoms with Crippen LogP contribution in [-0.4, -0.2) is 93.8 Å². The summed E-state index contributed by atoms with van der Waals surface area (Å²) in [6.07, 6.45) is 5.51. The maximum absolute atomic E-state index is 5.77. The molecule has 10 heteroatoms. The Morgan fingerprint density at radius 3 is 2.40 bits per heavy atom. The normalized spacial score (nSPS) is 17.2. The Bertz CT molecular complexity index is 1650. The lowest BCUT2D eigenvalue weighted by atomic mass is 10.1. The van der Waals surface area contributed by atoms with Crippen LogP contribution < -0.4 is 10.6 Å². The molecule has 0 saturated carbocycles. The Labute approximate surface area is 233 Å². The number of ether oxygens (including phenoxy) is 1. The van der Waals surface area contributed by atoms with E-state index in [4.69, 9.17) is 20.4 Å². The van der Waals surface area contributed by atoms with Crippen molar-refractivity contribution in [2.75, 3.05) is 70.2 Å². The Hall–Kier alpha value is -4.12. The second-order valence-electron chi connectivity index (χ2n) is 10.7. The van der Waals surface area contributed by atoms with E-state index in [1.165, 1.54) is 16.3 Å². The molecule has 0 spiro atoms. The lowest BCUT2D eigenvalue weighted by Gasteiger charge is -2.32. The van der Waals surface area contributed by atoms with E-state index < -0.39 is 0 Å². The lowest BCUT2D eigenvalue weighted by molar-refractivity contribution is 0.122. The molecular formula is C30H33N9O. The van der Waals surface area contributed by atoms with Crippen molar-refractivity contribution < 1.29 is 4.74 Å². The minimum Gasteiger partial charge on any atom is -0.378 e. The van der Waals surface area contributed by atoms with Crippen molar-refractivity contribution >= 4 is 33.7 Å². The van der Waals surface area contributed by atoms with Crippen molar-refractivity contribution in [3.8, 4) is 16.9 Å². The van der Waals surface area contributed by atoms with Gasteiger partial charge in [-0.15, -0.1) is 0 Å². The summed E-state index contributed by atoms with van der Waals surface area (Å²) in [6.45, 7) is 8.30. The summed E-state index contributed by atoms with van der Waals surface area (Å²) >= 11 is 0. The number of hydrogen-bond acceptors (Lipinski definition) is 9. The molecule has 0 amide bonds. The molecule has 2 fully saturated rings. The maximum atomic E-state index is 5.77. The fourth-order valence-electron chi connectivity index (χ4n) is 5.59. The van der Waals surface area contributed by atoms with Crippen molar-refractivity contribution in [2.45, 2.75) is 6.54 Å². The number of nitrogens with two attached hydrogens (primary N) is 1. The molecule has 10 nitrogen and oxygen atoms in total. The molecule has 0 aliphatic carbocycles. The number of hydrogen-bond donors (Lipinski definition) is 1. The quantitative estimate of drug-likeness (QED) is 0.364. The van der Waals surface area contributed by atoms with Crippen LogP contribution in [0, 0.1) is 0 Å². The monoisotopic (exact) mass is 535 g/mol. The molecule has 3 aromatic heterocycles. The average Bonchev–Trinajstić information content (AvgIpc) is 3.43. The van der Waals surface area contributed by atoms with Gasteiger partial charge in [-0.25, -0.2) is 15.0 Å². The van der Waals surface area contributed by atoms with E-state index in [1.807, 2.05) is 0 Å². The summed E-state index contributed by atoms with van der Waals surface area (Å²) in [5.74, 6) is 0.916. The van der Waals surface area contributed by atoms with Crippen molar-refractivity contribution in [2.24, 2.45) is 0 Å². The molecule has 2 aromatic carbocycles. The van der Waals surface area contributed by atoms with Gasteiger partial charge in [0.15, 0.2) is 5.65 Å². The van der Waals surface area contributed by atoms with E-state index in [1.54, 1.807) is 12.4 Å². The van der Waals surface area contributed by atoms with Gasteiger partial charge in [0.25, 0.3) is 0 Å². The number of fused-ring (bicyclic) bond motifs is 2. The largest absolute Gasteiger partial charge is 0.378 e. The molecule has 2 N–H and O–H groups in total. The fraction of sp³-hybridized carbons (Fsp3) is 0.333. The van der Waals surface area contributed by atoms with Crippen molar-refractivity contribution in [3.63, 3.8) is 0 Å². The molecular weight excluding hydrogens is 502 g/mol. The van der Waals surface area contributed by atoms with Crippen LogP contribution in [0.4, 0.5) is 11.9 Å². The van der Waals surface area contributed by atoms with Gasteiger partial charge in [-0.3, -0.25) is 4.90 Å². The highest BCUT2D eigenvalue weighted by atomic mass is 16.5. The van der Waals surface area contributed by atoms with Crippen LogP contribution in [0.5, 0.6) is 0 Å². The van der Waals surface area contributed by atoms with Crippen LogP contribution in [0.2, 0.25) is 0 Å². The van der Waals surface area contributed by atoms with Crippen LogP contribution in [0.15, 0.2) is 61.1 Å². The molecule has 5 heterocycles. The third-order valence-electron chi connectivity index (χ3n) is 7.94. The predicted molar refractivity (Wildman–Crippen MR) is 158 cm³/mol. The molecule has 2 aliphatic rings. The number of morpholine rings is 1. The highest BCUT2D eigenvalue weighted by molar-refractivity contribution is 5.93. The number of benzene rings is 2. The van der Waals surface area contributed by atoms with E-state index >= 15 is 0 Å². The molecule has 2 saturated heterocycles. The van der Waals surface area contributed by atoms with Crippen LogP contribution in [0.1, 0.15) is 5.56 Å². The first-order valence-electron chi connectivity index (χ1n) is 13.8.